The van der Waals surface area contributed by atoms with Gasteiger partial charge in [-0.1, -0.05) is 47.5 Å². The van der Waals surface area contributed by atoms with Crippen LogP contribution in [0.4, 0.5) is 5.69 Å². The fourth-order valence-electron chi connectivity index (χ4n) is 3.78. The van der Waals surface area contributed by atoms with Gasteiger partial charge in [0.15, 0.2) is 11.5 Å². The smallest absolute Gasteiger partial charge is 0.329 e. The second kappa shape index (κ2) is 12.5. The summed E-state index contributed by atoms with van der Waals surface area (Å²) in [6, 6.07) is 19.1. The van der Waals surface area contributed by atoms with Gasteiger partial charge in [-0.05, 0) is 55.0 Å². The molecule has 0 saturated heterocycles. The summed E-state index contributed by atoms with van der Waals surface area (Å²) in [5.41, 5.74) is 4.10. The number of carbonyl (C=O) groups is 2. The predicted octanol–water partition coefficient (Wildman–Crippen LogP) is 4.47. The van der Waals surface area contributed by atoms with Gasteiger partial charge in [0.1, 0.15) is 12.3 Å². The minimum atomic E-state index is -1.04. The van der Waals surface area contributed by atoms with Crippen LogP contribution < -0.4 is 25.8 Å². The zero-order valence-electron chi connectivity index (χ0n) is 21.8. The normalized spacial score (nSPS) is 10.9. The average molecular weight is 582 g/mol. The molecular weight excluding hydrogens is 557 g/mol. The lowest BCUT2D eigenvalue weighted by Crippen LogP contribution is -2.34. The van der Waals surface area contributed by atoms with Crippen LogP contribution in [-0.2, 0) is 23.2 Å². The fraction of sp³-hybridized carbons (Fsp3) is 0.143. The van der Waals surface area contributed by atoms with Crippen molar-refractivity contribution in [2.45, 2.75) is 13.5 Å². The fourth-order valence-corrected chi connectivity index (χ4v) is 4.24. The highest BCUT2D eigenvalue weighted by molar-refractivity contribution is 6.39. The lowest BCUT2D eigenvalue weighted by Gasteiger charge is -2.12. The molecule has 4 aromatic rings. The predicted molar refractivity (Wildman–Crippen MR) is 154 cm³/mol. The summed E-state index contributed by atoms with van der Waals surface area (Å²) in [5, 5.41) is 7.24. The van der Waals surface area contributed by atoms with Crippen molar-refractivity contribution < 1.29 is 19.1 Å². The summed E-state index contributed by atoms with van der Waals surface area (Å²) < 4.78 is 14.2. The third kappa shape index (κ3) is 6.36. The van der Waals surface area contributed by atoms with E-state index >= 15 is 0 Å². The molecular formula is C28H25Cl2N5O5. The highest BCUT2D eigenvalue weighted by Crippen LogP contribution is 2.30. The molecule has 3 aromatic carbocycles. The molecule has 0 atom stereocenters. The molecule has 0 radical (unpaired) electrons. The van der Waals surface area contributed by atoms with Gasteiger partial charge in [-0.25, -0.2) is 10.1 Å². The van der Waals surface area contributed by atoms with Gasteiger partial charge in [0, 0.05) is 22.7 Å². The van der Waals surface area contributed by atoms with Crippen LogP contribution in [0.15, 0.2) is 76.6 Å². The third-order valence-corrected chi connectivity index (χ3v) is 6.55. The number of ether oxygens (including phenoxy) is 2. The summed E-state index contributed by atoms with van der Waals surface area (Å²) in [5.74, 6) is -1.19. The van der Waals surface area contributed by atoms with E-state index in [-0.39, 0.29) is 12.3 Å². The van der Waals surface area contributed by atoms with E-state index < -0.39 is 17.4 Å². The summed E-state index contributed by atoms with van der Waals surface area (Å²) in [6.45, 7) is 1.86. The molecule has 4 rings (SSSR count). The summed E-state index contributed by atoms with van der Waals surface area (Å²) in [4.78, 5) is 37.8. The first-order chi connectivity index (χ1) is 19.2. The SMILES string of the molecule is COc1cc(/C=N/NC(=O)C(=O)Nc2c(C)n(C)n(-c3ccccc3)c2=O)ccc1OCc1ccc(Cl)cc1Cl. The number of hydrogen-bond donors (Lipinski definition) is 2. The van der Waals surface area contributed by atoms with Crippen molar-refractivity contribution in [3.8, 4) is 17.2 Å². The van der Waals surface area contributed by atoms with Crippen LogP contribution in [0, 0.1) is 6.92 Å². The molecule has 10 nitrogen and oxygen atoms in total. The van der Waals surface area contributed by atoms with E-state index in [0.717, 1.165) is 5.56 Å². The largest absolute Gasteiger partial charge is 0.493 e. The Hall–Kier alpha value is -4.54. The molecule has 2 amide bonds. The Morgan fingerprint density at radius 2 is 1.75 bits per heavy atom. The number of rotatable bonds is 8. The van der Waals surface area contributed by atoms with Crippen LogP contribution in [0.2, 0.25) is 10.0 Å². The Labute approximate surface area is 239 Å². The first-order valence-electron chi connectivity index (χ1n) is 11.9. The van der Waals surface area contributed by atoms with E-state index in [1.165, 1.54) is 18.0 Å². The summed E-state index contributed by atoms with van der Waals surface area (Å²) in [7, 11) is 3.17. The van der Waals surface area contributed by atoms with Crippen molar-refractivity contribution in [2.75, 3.05) is 12.4 Å². The zero-order chi connectivity index (χ0) is 28.8. The lowest BCUT2D eigenvalue weighted by molar-refractivity contribution is -0.136. The Balaban J connectivity index is 1.39. The minimum absolute atomic E-state index is 0.00399. The molecule has 0 aliphatic carbocycles. The van der Waals surface area contributed by atoms with Gasteiger partial charge in [-0.15, -0.1) is 0 Å². The molecule has 40 heavy (non-hydrogen) atoms. The van der Waals surface area contributed by atoms with Crippen molar-refractivity contribution in [3.05, 3.63) is 104 Å². The van der Waals surface area contributed by atoms with E-state index in [4.69, 9.17) is 32.7 Å². The number of aromatic nitrogens is 2. The Morgan fingerprint density at radius 1 is 1.00 bits per heavy atom. The molecule has 2 N–H and O–H groups in total. The van der Waals surface area contributed by atoms with Gasteiger partial charge < -0.3 is 14.8 Å². The first-order valence-corrected chi connectivity index (χ1v) is 12.7. The average Bonchev–Trinajstić information content (AvgIpc) is 3.16. The van der Waals surface area contributed by atoms with Crippen LogP contribution >= 0.6 is 23.2 Å². The van der Waals surface area contributed by atoms with Gasteiger partial charge in [-0.3, -0.25) is 19.1 Å². The minimum Gasteiger partial charge on any atom is -0.493 e. The van der Waals surface area contributed by atoms with Crippen molar-refractivity contribution >= 4 is 46.9 Å². The standard InChI is InChI=1S/C28H25Cl2N5O5/c1-17-25(28(38)35(34(17)2)21-7-5-4-6-8-21)32-26(36)27(37)33-31-15-18-9-12-23(24(13-18)39-3)40-16-19-10-11-20(29)14-22(19)30/h4-15H,16H2,1-3H3,(H,32,36)(H,33,37)/b31-15+. The highest BCUT2D eigenvalue weighted by Gasteiger charge is 2.21. The van der Waals surface area contributed by atoms with Crippen LogP contribution in [-0.4, -0.2) is 34.5 Å². The number of anilines is 1. The van der Waals surface area contributed by atoms with E-state index in [0.29, 0.717) is 38.5 Å². The molecule has 0 fully saturated rings. The van der Waals surface area contributed by atoms with Crippen molar-refractivity contribution in [2.24, 2.45) is 12.1 Å². The topological polar surface area (TPSA) is 116 Å². The van der Waals surface area contributed by atoms with Gasteiger partial charge in [0.25, 0.3) is 5.56 Å². The monoisotopic (exact) mass is 581 g/mol. The Bertz CT molecular complexity index is 1650. The lowest BCUT2D eigenvalue weighted by atomic mass is 10.2. The second-order valence-corrected chi connectivity index (χ2v) is 9.37. The van der Waals surface area contributed by atoms with Crippen molar-refractivity contribution in [3.63, 3.8) is 0 Å². The van der Waals surface area contributed by atoms with Gasteiger partial charge in [-0.2, -0.15) is 5.10 Å². The molecule has 12 heteroatoms. The highest BCUT2D eigenvalue weighted by atomic mass is 35.5. The number of amides is 2. The number of para-hydroxylation sites is 1. The maximum atomic E-state index is 12.9. The summed E-state index contributed by atoms with van der Waals surface area (Å²) >= 11 is 12.1. The van der Waals surface area contributed by atoms with Crippen LogP contribution in [0.1, 0.15) is 16.8 Å². The number of benzene rings is 3. The molecule has 0 spiro atoms. The van der Waals surface area contributed by atoms with E-state index in [2.05, 4.69) is 15.8 Å². The third-order valence-electron chi connectivity index (χ3n) is 5.96. The van der Waals surface area contributed by atoms with Crippen LogP contribution in [0.5, 0.6) is 11.5 Å². The molecule has 1 heterocycles. The van der Waals surface area contributed by atoms with Crippen molar-refractivity contribution in [1.29, 1.82) is 0 Å². The number of methoxy groups -OCH3 is 1. The van der Waals surface area contributed by atoms with E-state index in [9.17, 15) is 14.4 Å². The first kappa shape index (κ1) is 28.5. The maximum absolute atomic E-state index is 12.9. The maximum Gasteiger partial charge on any atom is 0.329 e. The van der Waals surface area contributed by atoms with Gasteiger partial charge >= 0.3 is 11.8 Å². The number of halogens is 2. The number of carbonyl (C=O) groups excluding carboxylic acids is 2. The van der Waals surface area contributed by atoms with Crippen molar-refractivity contribution in [1.82, 2.24) is 14.8 Å². The Morgan fingerprint density at radius 3 is 2.45 bits per heavy atom. The van der Waals surface area contributed by atoms with E-state index in [1.807, 2.05) is 6.07 Å². The zero-order valence-corrected chi connectivity index (χ0v) is 23.3. The quantitative estimate of drug-likeness (QED) is 0.181. The Kier molecular flexibility index (Phi) is 8.93. The molecule has 0 unspecified atom stereocenters. The van der Waals surface area contributed by atoms with Gasteiger partial charge in [0.2, 0.25) is 0 Å². The number of hydrazone groups is 1. The van der Waals surface area contributed by atoms with Crippen LogP contribution in [0.3, 0.4) is 0 Å². The number of nitrogens with zero attached hydrogens (tertiary/aromatic N) is 3. The van der Waals surface area contributed by atoms with Gasteiger partial charge in [0.05, 0.1) is 24.7 Å². The molecule has 206 valence electrons. The molecule has 0 aliphatic heterocycles. The molecule has 0 saturated carbocycles. The molecule has 0 aliphatic rings. The number of hydrogen-bond acceptors (Lipinski definition) is 6. The van der Waals surface area contributed by atoms with Crippen LogP contribution in [0.25, 0.3) is 5.69 Å². The second-order valence-electron chi connectivity index (χ2n) is 8.52. The number of nitrogens with one attached hydrogen (secondary N) is 2. The molecule has 1 aromatic heterocycles. The molecule has 0 bridgehead atoms. The summed E-state index contributed by atoms with van der Waals surface area (Å²) in [6.07, 6.45) is 1.34. The van der Waals surface area contributed by atoms with E-state index in [1.54, 1.807) is 79.3 Å².